The maximum atomic E-state index is 12.3. The summed E-state index contributed by atoms with van der Waals surface area (Å²) >= 11 is 1.80. The number of carbonyl (C=O) groups is 1. The quantitative estimate of drug-likeness (QED) is 0.874. The van der Waals surface area contributed by atoms with Crippen molar-refractivity contribution in [3.05, 3.63) is 21.9 Å². The van der Waals surface area contributed by atoms with Crippen molar-refractivity contribution in [2.75, 3.05) is 13.1 Å². The van der Waals surface area contributed by atoms with Gasteiger partial charge >= 0.3 is 0 Å². The summed E-state index contributed by atoms with van der Waals surface area (Å²) in [5, 5.41) is 8.58. The number of aryl methyl sites for hydroxylation is 1. The molecule has 2 N–H and O–H groups in total. The van der Waals surface area contributed by atoms with Crippen LogP contribution >= 0.6 is 23.7 Å². The molecule has 1 aliphatic carbocycles. The van der Waals surface area contributed by atoms with Crippen molar-refractivity contribution in [3.63, 3.8) is 0 Å². The summed E-state index contributed by atoms with van der Waals surface area (Å²) < 4.78 is 0. The Hall–Kier alpha value is -0.580. The molecule has 0 aromatic carbocycles. The topological polar surface area (TPSA) is 41.1 Å². The van der Waals surface area contributed by atoms with E-state index in [2.05, 4.69) is 22.1 Å². The van der Waals surface area contributed by atoms with E-state index < -0.39 is 0 Å². The number of halogens is 1. The van der Waals surface area contributed by atoms with Gasteiger partial charge in [-0.25, -0.2) is 0 Å². The SMILES string of the molecule is Cl.O=C(NC1CCNC1)C1CCCc2sccc21. The van der Waals surface area contributed by atoms with Gasteiger partial charge in [0.2, 0.25) is 5.91 Å². The molecule has 5 heteroatoms. The lowest BCUT2D eigenvalue weighted by Crippen LogP contribution is -2.39. The van der Waals surface area contributed by atoms with E-state index >= 15 is 0 Å². The zero-order valence-electron chi connectivity index (χ0n) is 10.3. The van der Waals surface area contributed by atoms with Crippen LogP contribution in [0.1, 0.15) is 35.6 Å². The van der Waals surface area contributed by atoms with Gasteiger partial charge in [0.25, 0.3) is 0 Å². The van der Waals surface area contributed by atoms with E-state index in [0.29, 0.717) is 6.04 Å². The fourth-order valence-corrected chi connectivity index (χ4v) is 3.83. The monoisotopic (exact) mass is 286 g/mol. The lowest BCUT2D eigenvalue weighted by molar-refractivity contribution is -0.123. The molecule has 0 spiro atoms. The van der Waals surface area contributed by atoms with E-state index in [4.69, 9.17) is 0 Å². The molecule has 1 amide bonds. The molecule has 2 heterocycles. The second kappa shape index (κ2) is 6.04. The number of nitrogens with one attached hydrogen (secondary N) is 2. The van der Waals surface area contributed by atoms with Gasteiger partial charge in [0, 0.05) is 17.5 Å². The van der Waals surface area contributed by atoms with Gasteiger partial charge in [0.15, 0.2) is 0 Å². The van der Waals surface area contributed by atoms with Crippen LogP contribution in [0.3, 0.4) is 0 Å². The van der Waals surface area contributed by atoms with Crippen LogP contribution < -0.4 is 10.6 Å². The number of hydrogen-bond donors (Lipinski definition) is 2. The van der Waals surface area contributed by atoms with Crippen LogP contribution in [-0.2, 0) is 11.2 Å². The van der Waals surface area contributed by atoms with Crippen molar-refractivity contribution in [1.82, 2.24) is 10.6 Å². The molecule has 3 rings (SSSR count). The van der Waals surface area contributed by atoms with Gasteiger partial charge in [-0.3, -0.25) is 4.79 Å². The number of rotatable bonds is 2. The maximum absolute atomic E-state index is 12.3. The standard InChI is InChI=1S/C13H18N2OS.ClH/c16-13(15-9-4-6-14-8-9)11-2-1-3-12-10(11)5-7-17-12;/h5,7,9,11,14H,1-4,6,8H2,(H,15,16);1H. The van der Waals surface area contributed by atoms with E-state index in [-0.39, 0.29) is 24.2 Å². The normalized spacial score (nSPS) is 26.2. The number of carbonyl (C=O) groups excluding carboxylic acids is 1. The van der Waals surface area contributed by atoms with Crippen LogP contribution in [0, 0.1) is 0 Å². The molecular formula is C13H19ClN2OS. The first-order chi connectivity index (χ1) is 8.34. The first kappa shape index (κ1) is 13.8. The highest BCUT2D eigenvalue weighted by atomic mass is 35.5. The van der Waals surface area contributed by atoms with Crippen molar-refractivity contribution in [2.24, 2.45) is 0 Å². The van der Waals surface area contributed by atoms with Crippen LogP contribution in [-0.4, -0.2) is 25.0 Å². The summed E-state index contributed by atoms with van der Waals surface area (Å²) in [5.74, 6) is 0.337. The average molecular weight is 287 g/mol. The Labute approximate surface area is 118 Å². The Kier molecular flexibility index (Phi) is 4.65. The highest BCUT2D eigenvalue weighted by Crippen LogP contribution is 2.35. The predicted molar refractivity (Wildman–Crippen MR) is 76.7 cm³/mol. The summed E-state index contributed by atoms with van der Waals surface area (Å²) in [7, 11) is 0. The maximum Gasteiger partial charge on any atom is 0.227 e. The second-order valence-electron chi connectivity index (χ2n) is 4.94. The molecule has 1 saturated heterocycles. The summed E-state index contributed by atoms with van der Waals surface area (Å²) in [6.45, 7) is 1.95. The molecule has 18 heavy (non-hydrogen) atoms. The molecule has 3 nitrogen and oxygen atoms in total. The minimum atomic E-state index is 0. The summed E-state index contributed by atoms with van der Waals surface area (Å²) in [4.78, 5) is 13.7. The van der Waals surface area contributed by atoms with Crippen molar-refractivity contribution in [1.29, 1.82) is 0 Å². The smallest absolute Gasteiger partial charge is 0.227 e. The number of hydrogen-bond acceptors (Lipinski definition) is 3. The highest BCUT2D eigenvalue weighted by Gasteiger charge is 2.29. The molecular weight excluding hydrogens is 268 g/mol. The third kappa shape index (κ3) is 2.71. The van der Waals surface area contributed by atoms with E-state index in [0.717, 1.165) is 38.8 Å². The highest BCUT2D eigenvalue weighted by molar-refractivity contribution is 7.10. The van der Waals surface area contributed by atoms with Gasteiger partial charge in [0.05, 0.1) is 5.92 Å². The summed E-state index contributed by atoms with van der Waals surface area (Å²) in [6.07, 6.45) is 4.38. The van der Waals surface area contributed by atoms with Gasteiger partial charge in [-0.2, -0.15) is 0 Å². The van der Waals surface area contributed by atoms with Gasteiger partial charge in [-0.05, 0) is 49.2 Å². The minimum Gasteiger partial charge on any atom is -0.352 e. The number of fused-ring (bicyclic) bond motifs is 1. The van der Waals surface area contributed by atoms with E-state index in [1.165, 1.54) is 10.4 Å². The van der Waals surface area contributed by atoms with Gasteiger partial charge in [-0.15, -0.1) is 23.7 Å². The molecule has 1 aromatic rings. The van der Waals surface area contributed by atoms with E-state index in [1.807, 2.05) is 0 Å². The zero-order chi connectivity index (χ0) is 11.7. The molecule has 100 valence electrons. The number of thiophene rings is 1. The molecule has 0 saturated carbocycles. The molecule has 1 aromatic heterocycles. The zero-order valence-corrected chi connectivity index (χ0v) is 11.9. The Morgan fingerprint density at radius 3 is 3.11 bits per heavy atom. The van der Waals surface area contributed by atoms with Crippen LogP contribution in [0.4, 0.5) is 0 Å². The van der Waals surface area contributed by atoms with Gasteiger partial charge in [0.1, 0.15) is 0 Å². The molecule has 0 bridgehead atoms. The van der Waals surface area contributed by atoms with Crippen molar-refractivity contribution in [3.8, 4) is 0 Å². The first-order valence-corrected chi connectivity index (χ1v) is 7.30. The third-order valence-corrected chi connectivity index (χ3v) is 4.77. The fourth-order valence-electron chi connectivity index (χ4n) is 2.84. The first-order valence-electron chi connectivity index (χ1n) is 6.42. The lowest BCUT2D eigenvalue weighted by Gasteiger charge is -2.23. The molecule has 2 atom stereocenters. The molecule has 2 aliphatic rings. The van der Waals surface area contributed by atoms with Crippen molar-refractivity contribution >= 4 is 29.7 Å². The Morgan fingerprint density at radius 2 is 2.33 bits per heavy atom. The Balaban J connectivity index is 0.00000120. The van der Waals surface area contributed by atoms with Crippen LogP contribution in [0.5, 0.6) is 0 Å². The van der Waals surface area contributed by atoms with E-state index in [1.54, 1.807) is 11.3 Å². The fraction of sp³-hybridized carbons (Fsp3) is 0.615. The third-order valence-electron chi connectivity index (χ3n) is 3.78. The van der Waals surface area contributed by atoms with Crippen molar-refractivity contribution < 1.29 is 4.79 Å². The Bertz CT molecular complexity index is 415. The molecule has 0 radical (unpaired) electrons. The van der Waals surface area contributed by atoms with Crippen LogP contribution in [0.25, 0.3) is 0 Å². The van der Waals surface area contributed by atoms with Gasteiger partial charge < -0.3 is 10.6 Å². The van der Waals surface area contributed by atoms with Crippen LogP contribution in [0.15, 0.2) is 11.4 Å². The van der Waals surface area contributed by atoms with Crippen LogP contribution in [0.2, 0.25) is 0 Å². The van der Waals surface area contributed by atoms with E-state index in [9.17, 15) is 4.79 Å². The number of amides is 1. The summed E-state index contributed by atoms with van der Waals surface area (Å²) in [6, 6.07) is 2.47. The second-order valence-corrected chi connectivity index (χ2v) is 5.94. The largest absolute Gasteiger partial charge is 0.352 e. The lowest BCUT2D eigenvalue weighted by atomic mass is 9.87. The van der Waals surface area contributed by atoms with Gasteiger partial charge in [-0.1, -0.05) is 0 Å². The Morgan fingerprint density at radius 1 is 1.44 bits per heavy atom. The molecule has 1 aliphatic heterocycles. The molecule has 2 unspecified atom stereocenters. The average Bonchev–Trinajstić information content (AvgIpc) is 2.97. The summed E-state index contributed by atoms with van der Waals surface area (Å²) in [5.41, 5.74) is 1.28. The predicted octanol–water partition coefficient (Wildman–Crippen LogP) is 2.07. The molecule has 1 fully saturated rings. The minimum absolute atomic E-state index is 0. The van der Waals surface area contributed by atoms with Crippen molar-refractivity contribution in [2.45, 2.75) is 37.6 Å².